The molecule has 0 radical (unpaired) electrons. The molecule has 1 atom stereocenters. The maximum absolute atomic E-state index is 12.8. The molecule has 3 aromatic carbocycles. The molecule has 0 spiro atoms. The minimum Gasteiger partial charge on any atom is -0.489 e. The number of aliphatic carboxylic acids is 1. The fourth-order valence-corrected chi connectivity index (χ4v) is 3.72. The van der Waals surface area contributed by atoms with Crippen LogP contribution in [0.4, 0.5) is 13.2 Å². The summed E-state index contributed by atoms with van der Waals surface area (Å²) < 4.78 is 44.1. The highest BCUT2D eigenvalue weighted by molar-refractivity contribution is 6.03. The second-order valence-electron chi connectivity index (χ2n) is 7.47. The molecular formula is C24H18F3NO4. The molecule has 0 aromatic heterocycles. The van der Waals surface area contributed by atoms with Gasteiger partial charge >= 0.3 is 12.1 Å². The van der Waals surface area contributed by atoms with Gasteiger partial charge in [0, 0.05) is 12.6 Å². The second-order valence-corrected chi connectivity index (χ2v) is 7.47. The molecule has 0 aliphatic carbocycles. The average molecular weight is 441 g/mol. The van der Waals surface area contributed by atoms with Gasteiger partial charge in [-0.3, -0.25) is 4.79 Å². The van der Waals surface area contributed by atoms with Gasteiger partial charge in [0.15, 0.2) is 6.04 Å². The number of ether oxygens (including phenoxy) is 1. The van der Waals surface area contributed by atoms with Crippen molar-refractivity contribution in [3.63, 3.8) is 0 Å². The first kappa shape index (κ1) is 21.4. The van der Waals surface area contributed by atoms with Gasteiger partial charge in [-0.1, -0.05) is 36.4 Å². The lowest BCUT2D eigenvalue weighted by molar-refractivity contribution is -0.142. The van der Waals surface area contributed by atoms with Crippen LogP contribution in [0.25, 0.3) is 11.1 Å². The smallest absolute Gasteiger partial charge is 0.416 e. The number of hydrogen-bond acceptors (Lipinski definition) is 3. The standard InChI is InChI=1S/C24H18F3NO4/c1-28-21(23(30)31)19-10-9-18(12-20(19)22(28)29)32-13-14-3-2-4-16(11-14)15-5-7-17(8-6-15)24(25,26)27/h2-12,21H,13H2,1H3,(H,30,31). The Morgan fingerprint density at radius 3 is 2.41 bits per heavy atom. The summed E-state index contributed by atoms with van der Waals surface area (Å²) in [6, 6.07) is 15.8. The Morgan fingerprint density at radius 2 is 1.75 bits per heavy atom. The Hall–Kier alpha value is -3.81. The van der Waals surface area contributed by atoms with Crippen molar-refractivity contribution in [2.45, 2.75) is 18.8 Å². The molecular weight excluding hydrogens is 423 g/mol. The number of benzene rings is 3. The molecule has 164 valence electrons. The molecule has 3 aromatic rings. The van der Waals surface area contributed by atoms with Crippen LogP contribution in [0, 0.1) is 0 Å². The molecule has 5 nitrogen and oxygen atoms in total. The summed E-state index contributed by atoms with van der Waals surface area (Å²) in [5.74, 6) is -1.08. The number of halogens is 3. The lowest BCUT2D eigenvalue weighted by atomic mass is 10.0. The Morgan fingerprint density at radius 1 is 1.03 bits per heavy atom. The average Bonchev–Trinajstić information content (AvgIpc) is 3.02. The third-order valence-electron chi connectivity index (χ3n) is 5.37. The van der Waals surface area contributed by atoms with Crippen molar-refractivity contribution in [3.8, 4) is 16.9 Å². The quantitative estimate of drug-likeness (QED) is 0.594. The molecule has 8 heteroatoms. The zero-order valence-corrected chi connectivity index (χ0v) is 16.9. The third-order valence-corrected chi connectivity index (χ3v) is 5.37. The molecule has 0 bridgehead atoms. The van der Waals surface area contributed by atoms with E-state index in [9.17, 15) is 27.9 Å². The van der Waals surface area contributed by atoms with Crippen LogP contribution < -0.4 is 4.74 Å². The van der Waals surface area contributed by atoms with Crippen LogP contribution in [0.5, 0.6) is 5.75 Å². The van der Waals surface area contributed by atoms with Crippen molar-refractivity contribution in [2.75, 3.05) is 7.05 Å². The normalized spacial score (nSPS) is 15.6. The summed E-state index contributed by atoms with van der Waals surface area (Å²) >= 11 is 0. The number of carboxylic acid groups (broad SMARTS) is 1. The Bertz CT molecular complexity index is 1190. The highest BCUT2D eigenvalue weighted by Gasteiger charge is 2.39. The zero-order chi connectivity index (χ0) is 23.0. The Labute approximate surface area is 181 Å². The van der Waals surface area contributed by atoms with Gasteiger partial charge in [0.25, 0.3) is 5.91 Å². The molecule has 1 amide bonds. The second kappa shape index (κ2) is 8.03. The maximum Gasteiger partial charge on any atom is 0.416 e. The molecule has 1 N–H and O–H groups in total. The van der Waals surface area contributed by atoms with Gasteiger partial charge in [-0.2, -0.15) is 13.2 Å². The topological polar surface area (TPSA) is 66.8 Å². The predicted octanol–water partition coefficient (Wildman–Crippen LogP) is 5.16. The molecule has 1 aliphatic heterocycles. The number of carbonyl (C=O) groups excluding carboxylic acids is 1. The number of rotatable bonds is 5. The molecule has 1 heterocycles. The van der Waals surface area contributed by atoms with Gasteiger partial charge in [-0.05, 0) is 52.6 Å². The third kappa shape index (κ3) is 4.03. The first-order valence-electron chi connectivity index (χ1n) is 9.68. The van der Waals surface area contributed by atoms with E-state index in [0.29, 0.717) is 16.9 Å². The first-order valence-corrected chi connectivity index (χ1v) is 9.68. The fourth-order valence-electron chi connectivity index (χ4n) is 3.72. The summed E-state index contributed by atoms with van der Waals surface area (Å²) in [5.41, 5.74) is 2.18. The SMILES string of the molecule is CN1C(=O)c2cc(OCc3cccc(-c4ccc(C(F)(F)F)cc4)c3)ccc2C1C(=O)O. The number of nitrogens with zero attached hydrogens (tertiary/aromatic N) is 1. The van der Waals surface area contributed by atoms with E-state index in [0.717, 1.165) is 23.3 Å². The number of hydrogen-bond donors (Lipinski definition) is 1. The van der Waals surface area contributed by atoms with Crippen LogP contribution in [0.15, 0.2) is 66.7 Å². The van der Waals surface area contributed by atoms with Gasteiger partial charge in [0.05, 0.1) is 5.56 Å². The molecule has 0 fully saturated rings. The van der Waals surface area contributed by atoms with Crippen molar-refractivity contribution >= 4 is 11.9 Å². The van der Waals surface area contributed by atoms with Gasteiger partial charge < -0.3 is 14.7 Å². The van der Waals surface area contributed by atoms with Crippen molar-refractivity contribution in [1.82, 2.24) is 4.90 Å². The van der Waals surface area contributed by atoms with E-state index in [2.05, 4.69) is 0 Å². The Balaban J connectivity index is 1.50. The van der Waals surface area contributed by atoms with Gasteiger partial charge in [0.1, 0.15) is 12.4 Å². The predicted molar refractivity (Wildman–Crippen MR) is 110 cm³/mol. The highest BCUT2D eigenvalue weighted by Crippen LogP contribution is 2.35. The molecule has 32 heavy (non-hydrogen) atoms. The lowest BCUT2D eigenvalue weighted by Crippen LogP contribution is -2.28. The molecule has 0 saturated carbocycles. The number of fused-ring (bicyclic) bond motifs is 1. The minimum atomic E-state index is -4.38. The van der Waals surface area contributed by atoms with E-state index in [-0.39, 0.29) is 18.1 Å². The van der Waals surface area contributed by atoms with E-state index in [1.165, 1.54) is 30.1 Å². The molecule has 0 saturated heterocycles. The van der Waals surface area contributed by atoms with Crippen molar-refractivity contribution in [2.24, 2.45) is 0 Å². The van der Waals surface area contributed by atoms with Crippen LogP contribution in [-0.2, 0) is 17.6 Å². The summed E-state index contributed by atoms with van der Waals surface area (Å²) in [6.07, 6.45) is -4.38. The van der Waals surface area contributed by atoms with E-state index in [1.807, 2.05) is 12.1 Å². The monoisotopic (exact) mass is 441 g/mol. The van der Waals surface area contributed by atoms with Gasteiger partial charge in [-0.15, -0.1) is 0 Å². The Kier molecular flexibility index (Phi) is 5.38. The summed E-state index contributed by atoms with van der Waals surface area (Å²) in [7, 11) is 1.44. The maximum atomic E-state index is 12.8. The highest BCUT2D eigenvalue weighted by atomic mass is 19.4. The van der Waals surface area contributed by atoms with Crippen molar-refractivity contribution < 1.29 is 32.6 Å². The molecule has 1 unspecified atom stereocenters. The number of alkyl halides is 3. The zero-order valence-electron chi connectivity index (χ0n) is 16.9. The number of carboxylic acids is 1. The van der Waals surface area contributed by atoms with Crippen LogP contribution in [0.3, 0.4) is 0 Å². The fraction of sp³-hybridized carbons (Fsp3) is 0.167. The van der Waals surface area contributed by atoms with Crippen molar-refractivity contribution in [1.29, 1.82) is 0 Å². The first-order chi connectivity index (χ1) is 15.1. The summed E-state index contributed by atoms with van der Waals surface area (Å²) in [4.78, 5) is 25.0. The summed E-state index contributed by atoms with van der Waals surface area (Å²) in [6.45, 7) is 0.166. The van der Waals surface area contributed by atoms with Crippen molar-refractivity contribution in [3.05, 3.63) is 89.0 Å². The largest absolute Gasteiger partial charge is 0.489 e. The van der Waals surface area contributed by atoms with E-state index in [4.69, 9.17) is 4.74 Å². The van der Waals surface area contributed by atoms with Crippen LogP contribution in [-0.4, -0.2) is 28.9 Å². The van der Waals surface area contributed by atoms with Crippen LogP contribution in [0.1, 0.15) is 33.1 Å². The van der Waals surface area contributed by atoms with E-state index >= 15 is 0 Å². The number of likely N-dealkylation sites (N-methyl/N-ethyl adjacent to an activating group) is 1. The minimum absolute atomic E-state index is 0.166. The lowest BCUT2D eigenvalue weighted by Gasteiger charge is -2.15. The summed E-state index contributed by atoms with van der Waals surface area (Å²) in [5, 5.41) is 9.36. The van der Waals surface area contributed by atoms with E-state index in [1.54, 1.807) is 24.3 Å². The van der Waals surface area contributed by atoms with Crippen LogP contribution >= 0.6 is 0 Å². The van der Waals surface area contributed by atoms with Crippen LogP contribution in [0.2, 0.25) is 0 Å². The molecule has 1 aliphatic rings. The molecule has 4 rings (SSSR count). The van der Waals surface area contributed by atoms with Gasteiger partial charge in [-0.25, -0.2) is 4.79 Å². The van der Waals surface area contributed by atoms with Gasteiger partial charge in [0.2, 0.25) is 0 Å². The van der Waals surface area contributed by atoms with E-state index < -0.39 is 23.8 Å². The number of amides is 1. The number of carbonyl (C=O) groups is 2.